The fourth-order valence-corrected chi connectivity index (χ4v) is 4.92. The zero-order chi connectivity index (χ0) is 26.9. The maximum atomic E-state index is 13.4. The van der Waals surface area contributed by atoms with Crippen LogP contribution in [-0.2, 0) is 4.74 Å². The normalized spacial score (nSPS) is 18.1. The first-order valence-corrected chi connectivity index (χ1v) is 13.0. The van der Waals surface area contributed by atoms with Gasteiger partial charge in [0, 0.05) is 18.3 Å². The number of nitrogens with two attached hydrogens (primary N) is 1. The maximum absolute atomic E-state index is 13.4. The van der Waals surface area contributed by atoms with E-state index < -0.39 is 11.6 Å². The molecule has 0 spiro atoms. The lowest BCUT2D eigenvalue weighted by Crippen LogP contribution is -2.53. The minimum absolute atomic E-state index is 0.161. The van der Waals surface area contributed by atoms with Crippen molar-refractivity contribution in [2.45, 2.75) is 64.0 Å². The third-order valence-corrected chi connectivity index (χ3v) is 7.42. The van der Waals surface area contributed by atoms with Gasteiger partial charge in [-0.05, 0) is 74.9 Å². The second kappa shape index (κ2) is 13.1. The van der Waals surface area contributed by atoms with Gasteiger partial charge in [0.15, 0.2) is 0 Å². The molecule has 1 aromatic carbocycles. The van der Waals surface area contributed by atoms with Crippen molar-refractivity contribution in [3.63, 3.8) is 0 Å². The smallest absolute Gasteiger partial charge is 0.395 e. The van der Waals surface area contributed by atoms with Crippen molar-refractivity contribution in [3.8, 4) is 0 Å². The van der Waals surface area contributed by atoms with E-state index in [0.29, 0.717) is 36.8 Å². The fraction of sp³-hybridized carbons (Fsp3) is 0.517. The van der Waals surface area contributed by atoms with Gasteiger partial charge >= 0.3 is 12.1 Å². The third-order valence-electron chi connectivity index (χ3n) is 7.42. The first-order valence-electron chi connectivity index (χ1n) is 13.0. The summed E-state index contributed by atoms with van der Waals surface area (Å²) in [6, 6.07) is 11.0. The number of nitrogens with zero attached hydrogens (tertiary/aromatic N) is 2. The van der Waals surface area contributed by atoms with Crippen molar-refractivity contribution in [1.29, 1.82) is 0 Å². The van der Waals surface area contributed by atoms with E-state index in [0.717, 1.165) is 36.8 Å². The Morgan fingerprint density at radius 3 is 2.43 bits per heavy atom. The van der Waals surface area contributed by atoms with Crippen LogP contribution in [0.1, 0.15) is 79.3 Å². The molecule has 1 saturated carbocycles. The Hall–Kier alpha value is -2.87. The van der Waals surface area contributed by atoms with Gasteiger partial charge in [0.2, 0.25) is 0 Å². The van der Waals surface area contributed by atoms with E-state index in [9.17, 15) is 18.0 Å². The lowest BCUT2D eigenvalue weighted by atomic mass is 9.67. The van der Waals surface area contributed by atoms with E-state index in [2.05, 4.69) is 28.8 Å². The molecule has 1 aliphatic carbocycles. The molecule has 4 rings (SSSR count). The number of hydrogen-bond acceptors (Lipinski definition) is 5. The number of nitrogen functional groups attached to an aromatic ring is 1. The van der Waals surface area contributed by atoms with Gasteiger partial charge in [0.05, 0.1) is 18.1 Å². The summed E-state index contributed by atoms with van der Waals surface area (Å²) in [6.45, 7) is 3.72. The maximum Gasteiger partial charge on any atom is 0.395 e. The number of methoxy groups -OCH3 is 1. The first-order chi connectivity index (χ1) is 17.7. The summed E-state index contributed by atoms with van der Waals surface area (Å²) in [5.41, 5.74) is 7.19. The molecule has 0 unspecified atom stereocenters. The van der Waals surface area contributed by atoms with Gasteiger partial charge in [0.1, 0.15) is 5.82 Å². The molecule has 0 amide bonds. The zero-order valence-electron chi connectivity index (χ0n) is 21.8. The van der Waals surface area contributed by atoms with Crippen LogP contribution in [0.5, 0.6) is 0 Å². The molecule has 2 aromatic rings. The van der Waals surface area contributed by atoms with Crippen LogP contribution in [0, 0.1) is 5.41 Å². The lowest BCUT2D eigenvalue weighted by molar-refractivity contribution is -0.256. The van der Waals surface area contributed by atoms with Gasteiger partial charge in [0.25, 0.3) is 0 Å². The standard InChI is InChI=1S/C21H30F3N3.C8H8O2/c1-2-3-4-6-17-13-18(14-26-19(17)25)16-7-11-27(12-8-16)15-20(9-5-10-20)21(22,23)24;1-10-8(9)7-5-3-2-4-6-7/h4,6,13-14,16H,2-3,5,7-12,15H2,1H3,(H2,25,26);2-6H,1H3/b6-4-;. The molecule has 2 fully saturated rings. The predicted octanol–water partition coefficient (Wildman–Crippen LogP) is 6.86. The summed E-state index contributed by atoms with van der Waals surface area (Å²) in [7, 11) is 1.37. The van der Waals surface area contributed by atoms with E-state index in [1.54, 1.807) is 24.3 Å². The van der Waals surface area contributed by atoms with Crippen molar-refractivity contribution in [3.05, 3.63) is 65.4 Å². The van der Waals surface area contributed by atoms with E-state index in [-0.39, 0.29) is 25.4 Å². The summed E-state index contributed by atoms with van der Waals surface area (Å²) in [5, 5.41) is 0. The van der Waals surface area contributed by atoms with Crippen LogP contribution in [0.25, 0.3) is 6.08 Å². The van der Waals surface area contributed by atoms with Crippen molar-refractivity contribution < 1.29 is 22.7 Å². The van der Waals surface area contributed by atoms with Gasteiger partial charge in [-0.25, -0.2) is 9.78 Å². The van der Waals surface area contributed by atoms with Crippen molar-refractivity contribution >= 4 is 17.9 Å². The number of alkyl halides is 3. The van der Waals surface area contributed by atoms with Crippen LogP contribution in [0.3, 0.4) is 0 Å². The number of ether oxygens (including phenoxy) is 1. The van der Waals surface area contributed by atoms with Crippen molar-refractivity contribution in [2.75, 3.05) is 32.5 Å². The highest BCUT2D eigenvalue weighted by molar-refractivity contribution is 5.89. The number of aromatic nitrogens is 1. The number of carbonyl (C=O) groups is 1. The average Bonchev–Trinajstić information content (AvgIpc) is 2.87. The highest BCUT2D eigenvalue weighted by atomic mass is 19.4. The zero-order valence-corrected chi connectivity index (χ0v) is 21.8. The Labute approximate surface area is 217 Å². The summed E-state index contributed by atoms with van der Waals surface area (Å²) in [4.78, 5) is 17.1. The summed E-state index contributed by atoms with van der Waals surface area (Å²) < 4.78 is 44.7. The lowest BCUT2D eigenvalue weighted by Gasteiger charge is -2.47. The summed E-state index contributed by atoms with van der Waals surface area (Å²) >= 11 is 0. The molecule has 0 atom stereocenters. The molecule has 202 valence electrons. The molecule has 2 heterocycles. The molecule has 0 bridgehead atoms. The summed E-state index contributed by atoms with van der Waals surface area (Å²) in [6.07, 6.45) is 6.97. The van der Waals surface area contributed by atoms with Crippen LogP contribution in [-0.4, -0.2) is 48.8 Å². The Bertz CT molecular complexity index is 1030. The molecule has 8 heteroatoms. The molecule has 2 N–H and O–H groups in total. The number of piperidine rings is 1. The van der Waals surface area contributed by atoms with E-state index in [4.69, 9.17) is 5.73 Å². The van der Waals surface area contributed by atoms with Gasteiger partial charge in [-0.2, -0.15) is 13.2 Å². The summed E-state index contributed by atoms with van der Waals surface area (Å²) in [5.74, 6) is 0.581. The second-order valence-electron chi connectivity index (χ2n) is 9.97. The number of benzene rings is 1. The molecule has 2 aliphatic rings. The molecule has 1 saturated heterocycles. The second-order valence-corrected chi connectivity index (χ2v) is 9.97. The highest BCUT2D eigenvalue weighted by Gasteiger charge is 2.58. The first kappa shape index (κ1) is 28.7. The van der Waals surface area contributed by atoms with Gasteiger partial charge in [-0.3, -0.25) is 0 Å². The van der Waals surface area contributed by atoms with Crippen LogP contribution in [0.4, 0.5) is 19.0 Å². The fourth-order valence-electron chi connectivity index (χ4n) is 4.92. The minimum atomic E-state index is -4.08. The number of halogens is 3. The van der Waals surface area contributed by atoms with E-state index in [1.807, 2.05) is 23.2 Å². The highest BCUT2D eigenvalue weighted by Crippen LogP contribution is 2.53. The number of unbranched alkanes of at least 4 members (excludes halogenated alkanes) is 1. The monoisotopic (exact) mass is 517 g/mol. The van der Waals surface area contributed by atoms with Gasteiger partial charge < -0.3 is 15.4 Å². The topological polar surface area (TPSA) is 68.5 Å². The number of anilines is 1. The van der Waals surface area contributed by atoms with Crippen LogP contribution >= 0.6 is 0 Å². The molecule has 0 radical (unpaired) electrons. The number of carbonyl (C=O) groups excluding carboxylic acids is 1. The van der Waals surface area contributed by atoms with Crippen molar-refractivity contribution in [2.24, 2.45) is 5.41 Å². The Kier molecular flexibility index (Phi) is 10.1. The SMILES string of the molecule is CCC/C=C\c1cc(C2CCN(CC3(C(F)(F)F)CCC3)CC2)cnc1N.COC(=O)c1ccccc1. The third kappa shape index (κ3) is 7.57. The van der Waals surface area contributed by atoms with Crippen LogP contribution in [0.15, 0.2) is 48.7 Å². The number of esters is 1. The van der Waals surface area contributed by atoms with E-state index in [1.165, 1.54) is 7.11 Å². The number of hydrogen-bond donors (Lipinski definition) is 1. The number of pyridine rings is 1. The number of likely N-dealkylation sites (tertiary alicyclic amines) is 1. The molecule has 1 aliphatic heterocycles. The largest absolute Gasteiger partial charge is 0.465 e. The Morgan fingerprint density at radius 1 is 1.22 bits per heavy atom. The Balaban J connectivity index is 0.000000319. The van der Waals surface area contributed by atoms with Crippen LogP contribution in [0.2, 0.25) is 0 Å². The van der Waals surface area contributed by atoms with Gasteiger partial charge in [-0.1, -0.05) is 50.1 Å². The molecular weight excluding hydrogens is 479 g/mol. The minimum Gasteiger partial charge on any atom is -0.465 e. The molecular formula is C29H38F3N3O2. The molecule has 37 heavy (non-hydrogen) atoms. The van der Waals surface area contributed by atoms with Crippen LogP contribution < -0.4 is 5.73 Å². The average molecular weight is 518 g/mol. The molecule has 5 nitrogen and oxygen atoms in total. The van der Waals surface area contributed by atoms with Crippen molar-refractivity contribution in [1.82, 2.24) is 9.88 Å². The predicted molar refractivity (Wildman–Crippen MR) is 141 cm³/mol. The van der Waals surface area contributed by atoms with E-state index >= 15 is 0 Å². The van der Waals surface area contributed by atoms with Gasteiger partial charge in [-0.15, -0.1) is 0 Å². The quantitative estimate of drug-likeness (QED) is 0.406. The molecule has 1 aromatic heterocycles. The number of allylic oxidation sites excluding steroid dienone is 1. The number of rotatable bonds is 7. The Morgan fingerprint density at radius 2 is 1.89 bits per heavy atom.